The van der Waals surface area contributed by atoms with Crippen molar-refractivity contribution in [2.45, 2.75) is 58.5 Å². The van der Waals surface area contributed by atoms with Crippen molar-refractivity contribution in [3.8, 4) is 0 Å². The lowest BCUT2D eigenvalue weighted by Gasteiger charge is -2.25. The molecule has 0 saturated heterocycles. The van der Waals surface area contributed by atoms with E-state index in [9.17, 15) is 4.79 Å². The SMILES string of the molecule is CCCNC(Cn1ncc(C)cc1=O)C1CCCC1. The maximum atomic E-state index is 11.9. The van der Waals surface area contributed by atoms with E-state index in [0.29, 0.717) is 18.5 Å². The van der Waals surface area contributed by atoms with Crippen molar-refractivity contribution < 1.29 is 0 Å². The van der Waals surface area contributed by atoms with Gasteiger partial charge in [-0.3, -0.25) is 4.79 Å². The normalized spacial score (nSPS) is 17.8. The largest absolute Gasteiger partial charge is 0.312 e. The summed E-state index contributed by atoms with van der Waals surface area (Å²) in [5.74, 6) is 0.696. The van der Waals surface area contributed by atoms with Gasteiger partial charge in [0.15, 0.2) is 0 Å². The van der Waals surface area contributed by atoms with Gasteiger partial charge in [-0.2, -0.15) is 5.10 Å². The van der Waals surface area contributed by atoms with Crippen LogP contribution in [0, 0.1) is 12.8 Å². The summed E-state index contributed by atoms with van der Waals surface area (Å²) in [7, 11) is 0. The Labute approximate surface area is 115 Å². The van der Waals surface area contributed by atoms with E-state index in [1.54, 1.807) is 16.9 Å². The minimum absolute atomic E-state index is 0.0151. The maximum Gasteiger partial charge on any atom is 0.267 e. The van der Waals surface area contributed by atoms with Gasteiger partial charge >= 0.3 is 0 Å². The molecule has 1 aliphatic carbocycles. The molecule has 1 unspecified atom stereocenters. The van der Waals surface area contributed by atoms with Crippen LogP contribution < -0.4 is 10.9 Å². The molecule has 1 aromatic heterocycles. The van der Waals surface area contributed by atoms with E-state index in [1.165, 1.54) is 25.7 Å². The summed E-state index contributed by atoms with van der Waals surface area (Å²) in [6.45, 7) is 5.79. The minimum atomic E-state index is 0.0151. The Morgan fingerprint density at radius 1 is 1.47 bits per heavy atom. The van der Waals surface area contributed by atoms with Gasteiger partial charge in [0.25, 0.3) is 5.56 Å². The Hall–Kier alpha value is -1.16. The van der Waals surface area contributed by atoms with Gasteiger partial charge in [0.2, 0.25) is 0 Å². The molecule has 1 N–H and O–H groups in total. The molecule has 2 rings (SSSR count). The molecule has 0 aliphatic heterocycles. The molecule has 4 heteroatoms. The van der Waals surface area contributed by atoms with E-state index in [0.717, 1.165) is 18.5 Å². The third-order valence-electron chi connectivity index (χ3n) is 4.00. The zero-order valence-corrected chi connectivity index (χ0v) is 12.1. The van der Waals surface area contributed by atoms with E-state index in [-0.39, 0.29) is 5.56 Å². The van der Waals surface area contributed by atoms with Crippen LogP contribution in [-0.2, 0) is 6.54 Å². The molecule has 0 amide bonds. The van der Waals surface area contributed by atoms with Crippen LogP contribution in [0.2, 0.25) is 0 Å². The summed E-state index contributed by atoms with van der Waals surface area (Å²) in [6.07, 6.45) is 8.10. The highest BCUT2D eigenvalue weighted by Gasteiger charge is 2.25. The number of aromatic nitrogens is 2. The molecule has 1 saturated carbocycles. The zero-order chi connectivity index (χ0) is 13.7. The van der Waals surface area contributed by atoms with Gasteiger partial charge in [-0.05, 0) is 44.2 Å². The first-order chi connectivity index (χ1) is 9.20. The van der Waals surface area contributed by atoms with Gasteiger partial charge in [0.05, 0.1) is 12.7 Å². The van der Waals surface area contributed by atoms with Crippen LogP contribution in [0.3, 0.4) is 0 Å². The van der Waals surface area contributed by atoms with Crippen molar-refractivity contribution >= 4 is 0 Å². The van der Waals surface area contributed by atoms with Crippen molar-refractivity contribution in [3.63, 3.8) is 0 Å². The molecule has 0 aromatic carbocycles. The second-order valence-electron chi connectivity index (χ2n) is 5.66. The smallest absolute Gasteiger partial charge is 0.267 e. The van der Waals surface area contributed by atoms with E-state index in [1.807, 2.05) is 6.92 Å². The van der Waals surface area contributed by atoms with Crippen molar-refractivity contribution in [1.29, 1.82) is 0 Å². The number of nitrogens with one attached hydrogen (secondary N) is 1. The average Bonchev–Trinajstić information content (AvgIpc) is 2.90. The lowest BCUT2D eigenvalue weighted by molar-refractivity contribution is 0.307. The van der Waals surface area contributed by atoms with Crippen LogP contribution in [0.25, 0.3) is 0 Å². The molecule has 19 heavy (non-hydrogen) atoms. The highest BCUT2D eigenvalue weighted by atomic mass is 16.1. The van der Waals surface area contributed by atoms with Gasteiger partial charge < -0.3 is 5.32 Å². The van der Waals surface area contributed by atoms with E-state index < -0.39 is 0 Å². The summed E-state index contributed by atoms with van der Waals surface area (Å²) in [5.41, 5.74) is 0.946. The Kier molecular flexibility index (Phi) is 5.14. The van der Waals surface area contributed by atoms with Crippen LogP contribution in [-0.4, -0.2) is 22.4 Å². The van der Waals surface area contributed by atoms with Crippen molar-refractivity contribution in [1.82, 2.24) is 15.1 Å². The molecule has 0 radical (unpaired) electrons. The fraction of sp³-hybridized carbons (Fsp3) is 0.733. The summed E-state index contributed by atoms with van der Waals surface area (Å²) in [6, 6.07) is 2.05. The first kappa shape index (κ1) is 14.3. The molecule has 1 atom stereocenters. The number of hydrogen-bond acceptors (Lipinski definition) is 3. The first-order valence-corrected chi connectivity index (χ1v) is 7.48. The Balaban J connectivity index is 2.07. The standard InChI is InChI=1S/C15H25N3O/c1-3-8-16-14(13-6-4-5-7-13)11-18-15(19)9-12(2)10-17-18/h9-10,13-14,16H,3-8,11H2,1-2H3. The highest BCUT2D eigenvalue weighted by molar-refractivity contribution is 5.02. The summed E-state index contributed by atoms with van der Waals surface area (Å²) >= 11 is 0. The van der Waals surface area contributed by atoms with Gasteiger partial charge in [-0.25, -0.2) is 4.68 Å². The average molecular weight is 263 g/mol. The fourth-order valence-corrected chi connectivity index (χ4v) is 2.92. The van der Waals surface area contributed by atoms with Crippen molar-refractivity contribution in [3.05, 3.63) is 28.2 Å². The van der Waals surface area contributed by atoms with Gasteiger partial charge in [-0.15, -0.1) is 0 Å². The fourth-order valence-electron chi connectivity index (χ4n) is 2.92. The predicted molar refractivity (Wildman–Crippen MR) is 77.3 cm³/mol. The molecule has 1 heterocycles. The van der Waals surface area contributed by atoms with Gasteiger partial charge in [-0.1, -0.05) is 19.8 Å². The lowest BCUT2D eigenvalue weighted by atomic mass is 9.98. The predicted octanol–water partition coefficient (Wildman–Crippen LogP) is 2.11. The summed E-state index contributed by atoms with van der Waals surface area (Å²) in [4.78, 5) is 11.9. The molecule has 4 nitrogen and oxygen atoms in total. The molecule has 0 spiro atoms. The summed E-state index contributed by atoms with van der Waals surface area (Å²) < 4.78 is 1.61. The number of aryl methyl sites for hydroxylation is 1. The van der Waals surface area contributed by atoms with E-state index in [2.05, 4.69) is 17.3 Å². The van der Waals surface area contributed by atoms with Gasteiger partial charge in [0, 0.05) is 12.1 Å². The molecule has 1 aliphatic rings. The molecular formula is C15H25N3O. The van der Waals surface area contributed by atoms with Crippen LogP contribution >= 0.6 is 0 Å². The molecule has 1 aromatic rings. The van der Waals surface area contributed by atoms with E-state index >= 15 is 0 Å². The quantitative estimate of drug-likeness (QED) is 0.855. The Morgan fingerprint density at radius 3 is 2.84 bits per heavy atom. The maximum absolute atomic E-state index is 11.9. The monoisotopic (exact) mass is 263 g/mol. The van der Waals surface area contributed by atoms with Crippen LogP contribution in [0.1, 0.15) is 44.6 Å². The molecule has 1 fully saturated rings. The summed E-state index contributed by atoms with van der Waals surface area (Å²) in [5, 5.41) is 7.86. The third kappa shape index (κ3) is 3.90. The number of hydrogen-bond donors (Lipinski definition) is 1. The van der Waals surface area contributed by atoms with Crippen molar-refractivity contribution in [2.24, 2.45) is 5.92 Å². The number of rotatable bonds is 6. The second kappa shape index (κ2) is 6.85. The second-order valence-corrected chi connectivity index (χ2v) is 5.66. The molecule has 106 valence electrons. The lowest BCUT2D eigenvalue weighted by Crippen LogP contribution is -2.42. The third-order valence-corrected chi connectivity index (χ3v) is 4.00. The van der Waals surface area contributed by atoms with Crippen molar-refractivity contribution in [2.75, 3.05) is 6.54 Å². The Bertz CT molecular complexity index is 449. The minimum Gasteiger partial charge on any atom is -0.312 e. The zero-order valence-electron chi connectivity index (χ0n) is 12.1. The van der Waals surface area contributed by atoms with Crippen LogP contribution in [0.4, 0.5) is 0 Å². The van der Waals surface area contributed by atoms with Gasteiger partial charge in [0.1, 0.15) is 0 Å². The highest BCUT2D eigenvalue weighted by Crippen LogP contribution is 2.28. The Morgan fingerprint density at radius 2 is 2.21 bits per heavy atom. The first-order valence-electron chi connectivity index (χ1n) is 7.48. The molecular weight excluding hydrogens is 238 g/mol. The molecule has 0 bridgehead atoms. The van der Waals surface area contributed by atoms with Crippen LogP contribution in [0.5, 0.6) is 0 Å². The number of nitrogens with zero attached hydrogens (tertiary/aromatic N) is 2. The topological polar surface area (TPSA) is 46.9 Å². The van der Waals surface area contributed by atoms with E-state index in [4.69, 9.17) is 0 Å². The van der Waals surface area contributed by atoms with Crippen LogP contribution in [0.15, 0.2) is 17.1 Å².